The lowest BCUT2D eigenvalue weighted by molar-refractivity contribution is -0.131. The molecule has 3 aliphatic rings. The minimum atomic E-state index is -1.16. The molecular weight excluding hydrogens is 359 g/mol. The van der Waals surface area contributed by atoms with Crippen molar-refractivity contribution < 1.29 is 9.18 Å². The van der Waals surface area contributed by atoms with Crippen molar-refractivity contribution in [3.8, 4) is 0 Å². The van der Waals surface area contributed by atoms with Gasteiger partial charge in [-0.05, 0) is 42.2 Å². The van der Waals surface area contributed by atoms with Crippen molar-refractivity contribution in [2.45, 2.75) is 18.4 Å². The van der Waals surface area contributed by atoms with E-state index in [0.29, 0.717) is 24.4 Å². The summed E-state index contributed by atoms with van der Waals surface area (Å²) < 4.78 is 13.3. The summed E-state index contributed by atoms with van der Waals surface area (Å²) in [6.07, 6.45) is 5.06. The normalized spacial score (nSPS) is 31.0. The second-order valence-electron chi connectivity index (χ2n) is 7.60. The highest BCUT2D eigenvalue weighted by molar-refractivity contribution is 5.88. The Morgan fingerprint density at radius 1 is 1.32 bits per heavy atom. The van der Waals surface area contributed by atoms with Crippen LogP contribution in [0, 0.1) is 17.7 Å². The number of nitrogens with one attached hydrogen (secondary N) is 2. The van der Waals surface area contributed by atoms with Crippen molar-refractivity contribution in [2.75, 3.05) is 13.1 Å². The van der Waals surface area contributed by atoms with E-state index in [9.17, 15) is 9.18 Å². The van der Waals surface area contributed by atoms with Gasteiger partial charge in [-0.25, -0.2) is 9.38 Å². The molecule has 8 heteroatoms. The molecule has 1 amide bonds. The molecule has 28 heavy (non-hydrogen) atoms. The summed E-state index contributed by atoms with van der Waals surface area (Å²) >= 11 is 0. The monoisotopic (exact) mass is 380 g/mol. The molecule has 1 aliphatic carbocycles. The van der Waals surface area contributed by atoms with Crippen LogP contribution < -0.4 is 16.4 Å². The lowest BCUT2D eigenvalue weighted by Crippen LogP contribution is -2.64. The van der Waals surface area contributed by atoms with E-state index >= 15 is 0 Å². The van der Waals surface area contributed by atoms with Crippen molar-refractivity contribution in [1.29, 1.82) is 0 Å². The van der Waals surface area contributed by atoms with Crippen LogP contribution in [0.4, 0.5) is 4.39 Å². The van der Waals surface area contributed by atoms with E-state index in [1.807, 2.05) is 17.0 Å². The third kappa shape index (κ3) is 2.76. The number of piperidine rings is 1. The van der Waals surface area contributed by atoms with Gasteiger partial charge >= 0.3 is 0 Å². The van der Waals surface area contributed by atoms with Gasteiger partial charge in [-0.3, -0.25) is 14.7 Å². The Hall–Kier alpha value is -2.84. The number of rotatable bonds is 5. The first-order valence-corrected chi connectivity index (χ1v) is 9.38. The number of carbonyl (C=O) groups excluding carboxylic acids is 1. The Morgan fingerprint density at radius 2 is 2.14 bits per heavy atom. The van der Waals surface area contributed by atoms with Gasteiger partial charge in [0.05, 0.1) is 11.2 Å². The molecule has 2 aliphatic heterocycles. The number of hydrogen-bond acceptors (Lipinski definition) is 6. The van der Waals surface area contributed by atoms with Crippen LogP contribution in [0.3, 0.4) is 0 Å². The second kappa shape index (κ2) is 6.35. The first kappa shape index (κ1) is 17.3. The maximum absolute atomic E-state index is 13.3. The van der Waals surface area contributed by atoms with Crippen LogP contribution in [0.25, 0.3) is 10.9 Å². The molecular formula is C20H21FN6O. The fourth-order valence-electron chi connectivity index (χ4n) is 4.41. The average Bonchev–Trinajstić information content (AvgIpc) is 3.15. The first-order chi connectivity index (χ1) is 13.6. The zero-order chi connectivity index (χ0) is 19.3. The fourth-order valence-corrected chi connectivity index (χ4v) is 4.41. The number of fused-ring (bicyclic) bond motifs is 2. The van der Waals surface area contributed by atoms with Gasteiger partial charge in [-0.2, -0.15) is 0 Å². The Kier molecular flexibility index (Phi) is 3.92. The number of likely N-dealkylation sites (tertiary alicyclic amines) is 1. The summed E-state index contributed by atoms with van der Waals surface area (Å²) in [5.74, 6) is -0.975. The number of carbonyl (C=O) groups is 1. The number of amides is 1. The topological polar surface area (TPSA) is 95.6 Å². The van der Waals surface area contributed by atoms with Gasteiger partial charge in [-0.1, -0.05) is 6.07 Å². The minimum absolute atomic E-state index is 0.253. The molecule has 3 heterocycles. The predicted molar refractivity (Wildman–Crippen MR) is 104 cm³/mol. The van der Waals surface area contributed by atoms with E-state index in [-0.39, 0.29) is 5.82 Å². The van der Waals surface area contributed by atoms with Crippen LogP contribution in [-0.4, -0.2) is 46.9 Å². The van der Waals surface area contributed by atoms with Gasteiger partial charge in [0, 0.05) is 43.5 Å². The number of hydrogen-bond donors (Lipinski definition) is 3. The summed E-state index contributed by atoms with van der Waals surface area (Å²) in [4.78, 5) is 23.0. The Bertz CT molecular complexity index is 995. The van der Waals surface area contributed by atoms with Crippen LogP contribution in [0.1, 0.15) is 5.69 Å². The van der Waals surface area contributed by atoms with E-state index in [4.69, 9.17) is 5.73 Å². The van der Waals surface area contributed by atoms with Crippen molar-refractivity contribution in [1.82, 2.24) is 20.5 Å². The lowest BCUT2D eigenvalue weighted by Gasteiger charge is -2.38. The molecule has 3 atom stereocenters. The van der Waals surface area contributed by atoms with Crippen molar-refractivity contribution in [3.63, 3.8) is 0 Å². The number of nitrogens with zero attached hydrogens (tertiary/aromatic N) is 3. The molecule has 1 saturated heterocycles. The number of primary amides is 1. The number of pyridine rings is 1. The summed E-state index contributed by atoms with van der Waals surface area (Å²) in [7, 11) is 0. The zero-order valence-corrected chi connectivity index (χ0v) is 15.2. The Labute approximate surface area is 161 Å². The molecule has 144 valence electrons. The Morgan fingerprint density at radius 3 is 2.86 bits per heavy atom. The van der Waals surface area contributed by atoms with E-state index < -0.39 is 11.7 Å². The molecule has 0 spiro atoms. The standard InChI is InChI=1S/C20H21FN6O/c21-13-3-5-17-12(8-13)2-4-14(26-17)9-23-18-15-10-27(11-16(15)18)20(19(22)28)24-6-1-7-25-20/h1-8,15-16,18,23-24H,9-11H2,(H2,22,28). The van der Waals surface area contributed by atoms with Gasteiger partial charge in [0.15, 0.2) is 0 Å². The van der Waals surface area contributed by atoms with E-state index in [1.54, 1.807) is 24.6 Å². The van der Waals surface area contributed by atoms with Crippen LogP contribution in [-0.2, 0) is 11.3 Å². The van der Waals surface area contributed by atoms with E-state index in [2.05, 4.69) is 20.6 Å². The highest BCUT2D eigenvalue weighted by Gasteiger charge is 2.60. The van der Waals surface area contributed by atoms with Gasteiger partial charge in [0.1, 0.15) is 5.82 Å². The van der Waals surface area contributed by atoms with Crippen LogP contribution in [0.5, 0.6) is 0 Å². The van der Waals surface area contributed by atoms with Gasteiger partial charge in [0.25, 0.3) is 11.7 Å². The number of nitrogens with two attached hydrogens (primary N) is 1. The quantitative estimate of drug-likeness (QED) is 0.711. The maximum Gasteiger partial charge on any atom is 0.282 e. The highest BCUT2D eigenvalue weighted by atomic mass is 19.1. The summed E-state index contributed by atoms with van der Waals surface area (Å²) in [6.45, 7) is 2.17. The second-order valence-corrected chi connectivity index (χ2v) is 7.60. The smallest absolute Gasteiger partial charge is 0.282 e. The minimum Gasteiger partial charge on any atom is -0.365 e. The average molecular weight is 380 g/mol. The molecule has 7 nitrogen and oxygen atoms in total. The Balaban J connectivity index is 1.20. The van der Waals surface area contributed by atoms with Gasteiger partial charge in [-0.15, -0.1) is 0 Å². The van der Waals surface area contributed by atoms with Gasteiger partial charge in [0.2, 0.25) is 0 Å². The number of allylic oxidation sites excluding steroid dienone is 1. The molecule has 1 aromatic carbocycles. The predicted octanol–water partition coefficient (Wildman–Crippen LogP) is 0.721. The highest BCUT2D eigenvalue weighted by Crippen LogP contribution is 2.47. The number of aromatic nitrogens is 1. The zero-order valence-electron chi connectivity index (χ0n) is 15.2. The number of aliphatic imine (C=N–C) groups is 1. The van der Waals surface area contributed by atoms with Crippen molar-refractivity contribution in [3.05, 3.63) is 54.1 Å². The van der Waals surface area contributed by atoms with Crippen LogP contribution in [0.15, 0.2) is 47.6 Å². The summed E-state index contributed by atoms with van der Waals surface area (Å²) in [5.41, 5.74) is 7.35. The first-order valence-electron chi connectivity index (χ1n) is 9.38. The molecule has 5 rings (SSSR count). The SMILES string of the molecule is NC(=O)C1(N2CC3C(C2)C3NCc2ccc3cc(F)ccc3n2)N=CC=CN1. The van der Waals surface area contributed by atoms with Gasteiger partial charge < -0.3 is 16.4 Å². The fraction of sp³-hybridized carbons (Fsp3) is 0.350. The largest absolute Gasteiger partial charge is 0.365 e. The van der Waals surface area contributed by atoms with E-state index in [1.165, 1.54) is 12.1 Å². The number of benzene rings is 1. The molecule has 1 saturated carbocycles. The lowest BCUT2D eigenvalue weighted by atomic mass is 10.2. The summed E-state index contributed by atoms with van der Waals surface area (Å²) in [6, 6.07) is 8.84. The third-order valence-corrected chi connectivity index (χ3v) is 5.95. The maximum atomic E-state index is 13.3. The van der Waals surface area contributed by atoms with Crippen molar-refractivity contribution >= 4 is 23.0 Å². The molecule has 0 bridgehead atoms. The van der Waals surface area contributed by atoms with Crippen LogP contribution >= 0.6 is 0 Å². The summed E-state index contributed by atoms with van der Waals surface area (Å²) in [5, 5.41) is 7.39. The van der Waals surface area contributed by atoms with Crippen molar-refractivity contribution in [2.24, 2.45) is 22.6 Å². The molecule has 2 aromatic rings. The third-order valence-electron chi connectivity index (χ3n) is 5.95. The molecule has 3 unspecified atom stereocenters. The molecule has 2 fully saturated rings. The molecule has 0 radical (unpaired) electrons. The van der Waals surface area contributed by atoms with E-state index in [0.717, 1.165) is 29.7 Å². The number of halogens is 1. The molecule has 4 N–H and O–H groups in total. The van der Waals surface area contributed by atoms with Crippen LogP contribution in [0.2, 0.25) is 0 Å². The molecule has 1 aromatic heterocycles.